The van der Waals surface area contributed by atoms with E-state index in [1.54, 1.807) is 19.5 Å². The minimum atomic E-state index is 0.0240. The first-order valence-corrected chi connectivity index (χ1v) is 7.90. The number of benzene rings is 1. The number of ether oxygens (including phenoxy) is 1. The van der Waals surface area contributed by atoms with E-state index >= 15 is 0 Å². The van der Waals surface area contributed by atoms with Crippen LogP contribution in [-0.2, 0) is 6.42 Å². The van der Waals surface area contributed by atoms with Gasteiger partial charge >= 0.3 is 0 Å². The van der Waals surface area contributed by atoms with E-state index in [-0.39, 0.29) is 5.91 Å². The molecule has 0 saturated heterocycles. The van der Waals surface area contributed by atoms with Gasteiger partial charge in [-0.3, -0.25) is 9.78 Å². The minimum Gasteiger partial charge on any atom is -0.496 e. The molecule has 0 aliphatic heterocycles. The third-order valence-corrected chi connectivity index (χ3v) is 3.97. The Labute approximate surface area is 138 Å². The number of aromatic nitrogens is 1. The molecule has 0 N–H and O–H groups in total. The van der Waals surface area contributed by atoms with Crippen LogP contribution in [0.25, 0.3) is 0 Å². The number of hydrogen-bond donors (Lipinski definition) is 0. The normalized spacial score (nSPS) is 10.4. The summed E-state index contributed by atoms with van der Waals surface area (Å²) < 4.78 is 5.43. The van der Waals surface area contributed by atoms with Crippen LogP contribution in [0, 0.1) is 13.8 Å². The Bertz CT molecular complexity index is 669. The largest absolute Gasteiger partial charge is 0.496 e. The number of rotatable bonds is 6. The molecule has 0 fully saturated rings. The lowest BCUT2D eigenvalue weighted by Crippen LogP contribution is -2.33. The van der Waals surface area contributed by atoms with Gasteiger partial charge in [0.15, 0.2) is 0 Å². The highest BCUT2D eigenvalue weighted by Gasteiger charge is 2.21. The molecule has 0 saturated carbocycles. The molecule has 0 spiro atoms. The van der Waals surface area contributed by atoms with Crippen LogP contribution in [0.5, 0.6) is 5.75 Å². The molecular formula is C19H24N2O2. The predicted octanol–water partition coefficient (Wildman–Crippen LogP) is 3.41. The lowest BCUT2D eigenvalue weighted by molar-refractivity contribution is 0.0762. The highest BCUT2D eigenvalue weighted by molar-refractivity contribution is 5.98. The number of aryl methyl sites for hydroxylation is 2. The predicted molar refractivity (Wildman–Crippen MR) is 92.0 cm³/mol. The Hall–Kier alpha value is -2.36. The Morgan fingerprint density at radius 3 is 2.52 bits per heavy atom. The molecule has 0 aliphatic carbocycles. The van der Waals surface area contributed by atoms with Crippen molar-refractivity contribution in [3.63, 3.8) is 0 Å². The van der Waals surface area contributed by atoms with Crippen molar-refractivity contribution in [2.45, 2.75) is 27.2 Å². The number of hydrogen-bond acceptors (Lipinski definition) is 3. The lowest BCUT2D eigenvalue weighted by atomic mass is 10.0. The second-order valence-electron chi connectivity index (χ2n) is 5.65. The van der Waals surface area contributed by atoms with Crippen LogP contribution in [0.15, 0.2) is 36.7 Å². The number of carbonyl (C=O) groups is 1. The van der Waals surface area contributed by atoms with Gasteiger partial charge in [0.25, 0.3) is 5.91 Å². The number of likely N-dealkylation sites (N-methyl/N-ethyl adjacent to an activating group) is 1. The van der Waals surface area contributed by atoms with E-state index in [4.69, 9.17) is 4.74 Å². The van der Waals surface area contributed by atoms with Gasteiger partial charge in [0.2, 0.25) is 0 Å². The van der Waals surface area contributed by atoms with E-state index < -0.39 is 0 Å². The summed E-state index contributed by atoms with van der Waals surface area (Å²) in [5.74, 6) is 0.672. The molecule has 1 heterocycles. The van der Waals surface area contributed by atoms with Gasteiger partial charge in [-0.05, 0) is 62.1 Å². The summed E-state index contributed by atoms with van der Waals surface area (Å²) in [6, 6.07) is 7.90. The zero-order valence-electron chi connectivity index (χ0n) is 14.3. The van der Waals surface area contributed by atoms with Gasteiger partial charge in [0.05, 0.1) is 12.7 Å². The topological polar surface area (TPSA) is 42.4 Å². The second kappa shape index (κ2) is 7.77. The van der Waals surface area contributed by atoms with Gasteiger partial charge < -0.3 is 9.64 Å². The van der Waals surface area contributed by atoms with Crippen molar-refractivity contribution in [2.75, 3.05) is 20.2 Å². The van der Waals surface area contributed by atoms with Gasteiger partial charge in [0, 0.05) is 25.5 Å². The molecule has 23 heavy (non-hydrogen) atoms. The average molecular weight is 312 g/mol. The van der Waals surface area contributed by atoms with Gasteiger partial charge in [-0.2, -0.15) is 0 Å². The zero-order valence-corrected chi connectivity index (χ0v) is 14.3. The van der Waals surface area contributed by atoms with Crippen molar-refractivity contribution in [3.05, 3.63) is 58.9 Å². The fourth-order valence-corrected chi connectivity index (χ4v) is 2.74. The Kier molecular flexibility index (Phi) is 5.74. The molecule has 0 atom stereocenters. The Morgan fingerprint density at radius 2 is 1.91 bits per heavy atom. The van der Waals surface area contributed by atoms with E-state index in [0.29, 0.717) is 24.4 Å². The monoisotopic (exact) mass is 312 g/mol. The summed E-state index contributed by atoms with van der Waals surface area (Å²) in [5, 5.41) is 0. The first-order valence-electron chi connectivity index (χ1n) is 7.90. The molecule has 2 aromatic rings. The average Bonchev–Trinajstić information content (AvgIpc) is 2.55. The maximum Gasteiger partial charge on any atom is 0.257 e. The smallest absolute Gasteiger partial charge is 0.257 e. The minimum absolute atomic E-state index is 0.0240. The molecule has 2 rings (SSSR count). The Morgan fingerprint density at radius 1 is 1.22 bits per heavy atom. The number of carbonyl (C=O) groups excluding carboxylic acids is 1. The second-order valence-corrected chi connectivity index (χ2v) is 5.65. The van der Waals surface area contributed by atoms with E-state index in [0.717, 1.165) is 17.5 Å². The fraction of sp³-hybridized carbons (Fsp3) is 0.368. The number of methoxy groups -OCH3 is 1. The maximum absolute atomic E-state index is 12.9. The molecule has 0 aliphatic rings. The summed E-state index contributed by atoms with van der Waals surface area (Å²) >= 11 is 0. The van der Waals surface area contributed by atoms with Crippen molar-refractivity contribution in [1.29, 1.82) is 0 Å². The van der Waals surface area contributed by atoms with Gasteiger partial charge in [-0.25, -0.2) is 0 Å². The van der Waals surface area contributed by atoms with Gasteiger partial charge in [0.1, 0.15) is 5.75 Å². The van der Waals surface area contributed by atoms with Crippen LogP contribution < -0.4 is 4.74 Å². The molecule has 4 nitrogen and oxygen atoms in total. The number of amides is 1. The molecule has 0 bridgehead atoms. The summed E-state index contributed by atoms with van der Waals surface area (Å²) in [7, 11) is 1.61. The highest BCUT2D eigenvalue weighted by atomic mass is 16.5. The van der Waals surface area contributed by atoms with Crippen LogP contribution in [0.4, 0.5) is 0 Å². The van der Waals surface area contributed by atoms with Crippen molar-refractivity contribution < 1.29 is 9.53 Å². The molecule has 0 unspecified atom stereocenters. The van der Waals surface area contributed by atoms with E-state index in [2.05, 4.69) is 4.98 Å². The summed E-state index contributed by atoms with van der Waals surface area (Å²) in [4.78, 5) is 18.8. The van der Waals surface area contributed by atoms with Gasteiger partial charge in [-0.15, -0.1) is 0 Å². The van der Waals surface area contributed by atoms with Crippen molar-refractivity contribution in [3.8, 4) is 5.75 Å². The first kappa shape index (κ1) is 17.0. The van der Waals surface area contributed by atoms with E-state index in [1.807, 2.05) is 49.9 Å². The molecule has 1 aromatic carbocycles. The number of nitrogens with zero attached hydrogens (tertiary/aromatic N) is 2. The van der Waals surface area contributed by atoms with E-state index in [9.17, 15) is 4.79 Å². The molecule has 4 heteroatoms. The number of pyridine rings is 1. The van der Waals surface area contributed by atoms with E-state index in [1.165, 1.54) is 5.56 Å². The SMILES string of the molecule is CCN(CCc1ccncc1)C(=O)c1c(C)cc(C)cc1OC. The van der Waals surface area contributed by atoms with Gasteiger partial charge in [-0.1, -0.05) is 6.07 Å². The molecular weight excluding hydrogens is 288 g/mol. The molecule has 122 valence electrons. The quantitative estimate of drug-likeness (QED) is 0.821. The zero-order chi connectivity index (χ0) is 16.8. The van der Waals surface area contributed by atoms with Crippen LogP contribution >= 0.6 is 0 Å². The van der Waals surface area contributed by atoms with Crippen LogP contribution in [0.2, 0.25) is 0 Å². The van der Waals surface area contributed by atoms with Crippen molar-refractivity contribution in [2.24, 2.45) is 0 Å². The third-order valence-electron chi connectivity index (χ3n) is 3.97. The maximum atomic E-state index is 12.9. The first-order chi connectivity index (χ1) is 11.1. The fourth-order valence-electron chi connectivity index (χ4n) is 2.74. The summed E-state index contributed by atoms with van der Waals surface area (Å²) in [5.41, 5.74) is 3.89. The van der Waals surface area contributed by atoms with Crippen LogP contribution in [0.3, 0.4) is 0 Å². The van der Waals surface area contributed by atoms with Crippen molar-refractivity contribution >= 4 is 5.91 Å². The highest BCUT2D eigenvalue weighted by Crippen LogP contribution is 2.25. The van der Waals surface area contributed by atoms with Crippen molar-refractivity contribution in [1.82, 2.24) is 9.88 Å². The lowest BCUT2D eigenvalue weighted by Gasteiger charge is -2.23. The summed E-state index contributed by atoms with van der Waals surface area (Å²) in [6.45, 7) is 7.31. The third kappa shape index (κ3) is 4.09. The standard InChI is InChI=1S/C19H24N2O2/c1-5-21(11-8-16-6-9-20-10-7-16)19(22)18-15(3)12-14(2)13-17(18)23-4/h6-7,9-10,12-13H,5,8,11H2,1-4H3. The summed E-state index contributed by atoms with van der Waals surface area (Å²) in [6.07, 6.45) is 4.37. The molecule has 1 aromatic heterocycles. The Balaban J connectivity index is 2.20. The molecule has 0 radical (unpaired) electrons. The van der Waals surface area contributed by atoms with Crippen LogP contribution in [0.1, 0.15) is 34.0 Å². The van der Waals surface area contributed by atoms with Crippen LogP contribution in [-0.4, -0.2) is 36.0 Å². The molecule has 1 amide bonds.